The highest BCUT2D eigenvalue weighted by atomic mass is 32.2. The maximum atomic E-state index is 13.5. The van der Waals surface area contributed by atoms with Gasteiger partial charge in [-0.15, -0.1) is 23.1 Å². The van der Waals surface area contributed by atoms with Crippen LogP contribution in [0.3, 0.4) is 0 Å². The fourth-order valence-corrected chi connectivity index (χ4v) is 4.61. The van der Waals surface area contributed by atoms with Gasteiger partial charge in [-0.3, -0.25) is 4.79 Å². The molecule has 3 aromatic rings. The molecule has 0 saturated heterocycles. The van der Waals surface area contributed by atoms with E-state index in [-0.39, 0.29) is 11.7 Å². The van der Waals surface area contributed by atoms with Gasteiger partial charge in [0.1, 0.15) is 5.82 Å². The highest BCUT2D eigenvalue weighted by Gasteiger charge is 2.28. The summed E-state index contributed by atoms with van der Waals surface area (Å²) in [5.41, 5.74) is 1.60. The van der Waals surface area contributed by atoms with Crippen LogP contribution in [-0.4, -0.2) is 18.3 Å². The highest BCUT2D eigenvalue weighted by molar-refractivity contribution is 8.08. The number of rotatable bonds is 5. The number of carbonyl (C=O) groups excluding carboxylic acids is 1. The Morgan fingerprint density at radius 1 is 1.04 bits per heavy atom. The van der Waals surface area contributed by atoms with Crippen molar-refractivity contribution in [3.8, 4) is 0 Å². The Bertz CT molecular complexity index is 970. The number of anilines is 1. The SMILES string of the molecule is O=C(C1=C(c2ccccc2)SCCO1)N(Cc1cccs1)c1ccc(F)cc1. The molecule has 0 N–H and O–H groups in total. The summed E-state index contributed by atoms with van der Waals surface area (Å²) in [6, 6.07) is 19.7. The number of hydrogen-bond acceptors (Lipinski definition) is 4. The molecule has 2 heterocycles. The molecule has 142 valence electrons. The minimum Gasteiger partial charge on any atom is -0.486 e. The zero-order chi connectivity index (χ0) is 19.3. The number of nitrogens with zero attached hydrogens (tertiary/aromatic N) is 1. The summed E-state index contributed by atoms with van der Waals surface area (Å²) in [6.07, 6.45) is 0. The van der Waals surface area contributed by atoms with Crippen LogP contribution in [0.4, 0.5) is 10.1 Å². The number of thioether (sulfide) groups is 1. The van der Waals surface area contributed by atoms with Crippen LogP contribution >= 0.6 is 23.1 Å². The Balaban J connectivity index is 1.74. The summed E-state index contributed by atoms with van der Waals surface area (Å²) in [6.45, 7) is 0.889. The van der Waals surface area contributed by atoms with Crippen LogP contribution in [-0.2, 0) is 16.1 Å². The van der Waals surface area contributed by atoms with Gasteiger partial charge in [0.2, 0.25) is 0 Å². The minimum atomic E-state index is -0.332. The van der Waals surface area contributed by atoms with E-state index in [4.69, 9.17) is 4.74 Å². The van der Waals surface area contributed by atoms with Crippen LogP contribution in [0.5, 0.6) is 0 Å². The average molecular weight is 412 g/mol. The molecule has 0 fully saturated rings. The van der Waals surface area contributed by atoms with E-state index in [1.165, 1.54) is 12.1 Å². The largest absolute Gasteiger partial charge is 0.486 e. The molecular weight excluding hydrogens is 393 g/mol. The van der Waals surface area contributed by atoms with E-state index in [0.717, 1.165) is 21.1 Å². The minimum absolute atomic E-state index is 0.217. The third-order valence-electron chi connectivity index (χ3n) is 4.29. The van der Waals surface area contributed by atoms with E-state index < -0.39 is 0 Å². The van der Waals surface area contributed by atoms with Crippen molar-refractivity contribution in [1.29, 1.82) is 0 Å². The lowest BCUT2D eigenvalue weighted by Crippen LogP contribution is -2.33. The first-order chi connectivity index (χ1) is 13.7. The van der Waals surface area contributed by atoms with E-state index in [1.54, 1.807) is 40.1 Å². The number of ether oxygens (including phenoxy) is 1. The summed E-state index contributed by atoms with van der Waals surface area (Å²) in [5, 5.41) is 1.98. The predicted molar refractivity (Wildman–Crippen MR) is 114 cm³/mol. The smallest absolute Gasteiger partial charge is 0.294 e. The lowest BCUT2D eigenvalue weighted by atomic mass is 10.1. The van der Waals surface area contributed by atoms with Gasteiger partial charge in [-0.1, -0.05) is 36.4 Å². The van der Waals surface area contributed by atoms with Crippen LogP contribution in [0, 0.1) is 5.82 Å². The molecule has 6 heteroatoms. The normalized spacial score (nSPS) is 13.9. The Kier molecular flexibility index (Phi) is 5.78. The van der Waals surface area contributed by atoms with E-state index in [9.17, 15) is 9.18 Å². The Morgan fingerprint density at radius 3 is 2.54 bits per heavy atom. The number of halogens is 1. The monoisotopic (exact) mass is 411 g/mol. The summed E-state index contributed by atoms with van der Waals surface area (Å²) in [7, 11) is 0. The molecule has 0 aliphatic carbocycles. The van der Waals surface area contributed by atoms with Crippen LogP contribution in [0.1, 0.15) is 10.4 Å². The Labute approximate surface area is 171 Å². The molecule has 3 nitrogen and oxygen atoms in total. The van der Waals surface area contributed by atoms with E-state index in [1.807, 2.05) is 47.8 Å². The van der Waals surface area contributed by atoms with Gasteiger partial charge in [0, 0.05) is 16.3 Å². The quantitative estimate of drug-likeness (QED) is 0.551. The second-order valence-corrected chi connectivity index (χ2v) is 8.31. The summed E-state index contributed by atoms with van der Waals surface area (Å²) in [5.74, 6) is 0.595. The molecule has 1 aliphatic rings. The van der Waals surface area contributed by atoms with Gasteiger partial charge in [0.25, 0.3) is 5.91 Å². The molecule has 0 unspecified atom stereocenters. The van der Waals surface area contributed by atoms with E-state index in [2.05, 4.69) is 0 Å². The van der Waals surface area contributed by atoms with Gasteiger partial charge in [-0.2, -0.15) is 0 Å². The van der Waals surface area contributed by atoms with Crippen molar-refractivity contribution in [2.24, 2.45) is 0 Å². The number of benzene rings is 2. The summed E-state index contributed by atoms with van der Waals surface area (Å²) in [4.78, 5) is 17.1. The van der Waals surface area contributed by atoms with Crippen molar-refractivity contribution in [3.05, 3.63) is 94.1 Å². The first-order valence-corrected chi connectivity index (χ1v) is 10.7. The first-order valence-electron chi connectivity index (χ1n) is 8.87. The molecule has 0 bridgehead atoms. The number of carbonyl (C=O) groups is 1. The van der Waals surface area contributed by atoms with Crippen molar-refractivity contribution in [3.63, 3.8) is 0 Å². The second kappa shape index (κ2) is 8.63. The number of hydrogen-bond donors (Lipinski definition) is 0. The molecule has 1 aromatic heterocycles. The maximum Gasteiger partial charge on any atom is 0.294 e. The molecule has 4 rings (SSSR count). The standard InChI is InChI=1S/C22H18FNO2S2/c23-17-8-10-18(11-9-17)24(15-19-7-4-13-27-19)22(25)20-21(28-14-12-26-20)16-5-2-1-3-6-16/h1-11,13H,12,14-15H2. The Hall–Kier alpha value is -2.57. The van der Waals surface area contributed by atoms with Gasteiger partial charge < -0.3 is 9.64 Å². The maximum absolute atomic E-state index is 13.5. The van der Waals surface area contributed by atoms with E-state index >= 15 is 0 Å². The molecule has 0 radical (unpaired) electrons. The van der Waals surface area contributed by atoms with Crippen LogP contribution < -0.4 is 4.90 Å². The molecule has 1 amide bonds. The zero-order valence-electron chi connectivity index (χ0n) is 15.0. The number of thiophene rings is 1. The van der Waals surface area contributed by atoms with Crippen LogP contribution in [0.2, 0.25) is 0 Å². The van der Waals surface area contributed by atoms with Gasteiger partial charge in [-0.05, 0) is 41.3 Å². The lowest BCUT2D eigenvalue weighted by molar-refractivity contribution is -0.118. The van der Waals surface area contributed by atoms with Crippen molar-refractivity contribution in [1.82, 2.24) is 0 Å². The first kappa shape index (κ1) is 18.8. The van der Waals surface area contributed by atoms with Crippen molar-refractivity contribution < 1.29 is 13.9 Å². The fraction of sp³-hybridized carbons (Fsp3) is 0.136. The molecular formula is C22H18FNO2S2. The zero-order valence-corrected chi connectivity index (χ0v) is 16.6. The van der Waals surface area contributed by atoms with Crippen molar-refractivity contribution in [2.45, 2.75) is 6.54 Å². The molecule has 0 atom stereocenters. The molecule has 28 heavy (non-hydrogen) atoms. The molecule has 2 aromatic carbocycles. The van der Waals surface area contributed by atoms with Gasteiger partial charge in [0.15, 0.2) is 5.76 Å². The van der Waals surface area contributed by atoms with Gasteiger partial charge >= 0.3 is 0 Å². The van der Waals surface area contributed by atoms with Crippen molar-refractivity contribution >= 4 is 39.6 Å². The Morgan fingerprint density at radius 2 is 1.82 bits per heavy atom. The topological polar surface area (TPSA) is 29.5 Å². The summed E-state index contributed by atoms with van der Waals surface area (Å²) >= 11 is 3.21. The predicted octanol–water partition coefficient (Wildman–Crippen LogP) is 5.55. The van der Waals surface area contributed by atoms with Gasteiger partial charge in [0.05, 0.1) is 18.1 Å². The third-order valence-corrected chi connectivity index (χ3v) is 6.23. The van der Waals surface area contributed by atoms with E-state index in [0.29, 0.717) is 24.6 Å². The number of amides is 1. The van der Waals surface area contributed by atoms with Crippen molar-refractivity contribution in [2.75, 3.05) is 17.3 Å². The van der Waals surface area contributed by atoms with Gasteiger partial charge in [-0.25, -0.2) is 4.39 Å². The summed E-state index contributed by atoms with van der Waals surface area (Å²) < 4.78 is 19.3. The molecule has 0 saturated carbocycles. The fourth-order valence-electron chi connectivity index (χ4n) is 2.96. The third kappa shape index (κ3) is 4.13. The second-order valence-electron chi connectivity index (χ2n) is 6.17. The lowest BCUT2D eigenvalue weighted by Gasteiger charge is -2.27. The van der Waals surface area contributed by atoms with Crippen LogP contribution in [0.25, 0.3) is 4.91 Å². The molecule has 1 aliphatic heterocycles. The average Bonchev–Trinajstić information content (AvgIpc) is 3.26. The highest BCUT2D eigenvalue weighted by Crippen LogP contribution is 2.36. The van der Waals surface area contributed by atoms with Crippen LogP contribution in [0.15, 0.2) is 77.9 Å². The molecule has 0 spiro atoms.